The lowest BCUT2D eigenvalue weighted by atomic mass is 10.1. The lowest BCUT2D eigenvalue weighted by Gasteiger charge is -2.12. The predicted octanol–water partition coefficient (Wildman–Crippen LogP) is 3.13. The van der Waals surface area contributed by atoms with Crippen LogP contribution in [0.4, 0.5) is 5.69 Å². The minimum atomic E-state index is -0.435. The Labute approximate surface area is 159 Å². The smallest absolute Gasteiger partial charge is 0.274 e. The van der Waals surface area contributed by atoms with Gasteiger partial charge in [0.25, 0.3) is 11.8 Å². The number of aromatic nitrogens is 1. The fourth-order valence-electron chi connectivity index (χ4n) is 2.36. The Hall–Kier alpha value is -3.09. The molecule has 2 aromatic rings. The highest BCUT2D eigenvalue weighted by Crippen LogP contribution is 2.29. The van der Waals surface area contributed by atoms with Crippen LogP contribution >= 0.6 is 0 Å². The van der Waals surface area contributed by atoms with Crippen LogP contribution < -0.4 is 20.1 Å². The van der Waals surface area contributed by atoms with Crippen molar-refractivity contribution in [1.29, 1.82) is 0 Å². The minimum absolute atomic E-state index is 0.143. The van der Waals surface area contributed by atoms with Crippen molar-refractivity contribution in [3.8, 4) is 11.5 Å². The second-order valence-electron chi connectivity index (χ2n) is 6.39. The molecule has 0 bridgehead atoms. The molecule has 7 heteroatoms. The van der Waals surface area contributed by atoms with E-state index in [4.69, 9.17) is 9.47 Å². The number of nitrogens with zero attached hydrogens (tertiary/aromatic N) is 1. The van der Waals surface area contributed by atoms with Gasteiger partial charge in [-0.3, -0.25) is 14.6 Å². The number of benzene rings is 1. The highest BCUT2D eigenvalue weighted by atomic mass is 16.5. The zero-order chi connectivity index (χ0) is 19.8. The van der Waals surface area contributed by atoms with Gasteiger partial charge in [0.1, 0.15) is 17.2 Å². The summed E-state index contributed by atoms with van der Waals surface area (Å²) in [6.45, 7) is 4.77. The lowest BCUT2D eigenvalue weighted by Crippen LogP contribution is -2.26. The van der Waals surface area contributed by atoms with Crippen LogP contribution in [-0.2, 0) is 0 Å². The van der Waals surface area contributed by atoms with E-state index in [1.54, 1.807) is 31.4 Å². The van der Waals surface area contributed by atoms with Gasteiger partial charge in [-0.1, -0.05) is 13.8 Å². The molecule has 144 valence electrons. The molecule has 0 spiro atoms. The van der Waals surface area contributed by atoms with E-state index in [0.717, 1.165) is 6.42 Å². The number of rotatable bonds is 8. The van der Waals surface area contributed by atoms with Crippen LogP contribution in [0.1, 0.15) is 41.1 Å². The SMILES string of the molecule is COc1ccc(NC(=O)c2cc(C(=O)NCCC(C)C)ccn2)c(OC)c1. The van der Waals surface area contributed by atoms with Crippen molar-refractivity contribution in [3.63, 3.8) is 0 Å². The number of hydrogen-bond acceptors (Lipinski definition) is 5. The molecule has 0 unspecified atom stereocenters. The molecule has 7 nitrogen and oxygen atoms in total. The first-order valence-electron chi connectivity index (χ1n) is 8.72. The summed E-state index contributed by atoms with van der Waals surface area (Å²) in [7, 11) is 3.06. The van der Waals surface area contributed by atoms with E-state index in [2.05, 4.69) is 29.5 Å². The summed E-state index contributed by atoms with van der Waals surface area (Å²) in [4.78, 5) is 28.8. The molecule has 0 radical (unpaired) electrons. The molecule has 0 aliphatic rings. The van der Waals surface area contributed by atoms with Gasteiger partial charge in [0.05, 0.1) is 19.9 Å². The molecular formula is C20H25N3O4. The Morgan fingerprint density at radius 1 is 1.07 bits per heavy atom. The molecule has 2 rings (SSSR count). The molecule has 0 fully saturated rings. The van der Waals surface area contributed by atoms with Crippen LogP contribution in [-0.4, -0.2) is 37.6 Å². The average molecular weight is 371 g/mol. The van der Waals surface area contributed by atoms with E-state index in [0.29, 0.717) is 35.2 Å². The molecule has 0 aliphatic heterocycles. The second-order valence-corrected chi connectivity index (χ2v) is 6.39. The third kappa shape index (κ3) is 5.70. The van der Waals surface area contributed by atoms with Gasteiger partial charge in [-0.15, -0.1) is 0 Å². The number of hydrogen-bond donors (Lipinski definition) is 2. The Morgan fingerprint density at radius 2 is 1.85 bits per heavy atom. The fraction of sp³-hybridized carbons (Fsp3) is 0.350. The Kier molecular flexibility index (Phi) is 7.16. The van der Waals surface area contributed by atoms with Crippen molar-refractivity contribution in [2.45, 2.75) is 20.3 Å². The summed E-state index contributed by atoms with van der Waals surface area (Å²) < 4.78 is 10.4. The third-order valence-corrected chi connectivity index (χ3v) is 3.92. The molecule has 0 saturated carbocycles. The maximum atomic E-state index is 12.5. The summed E-state index contributed by atoms with van der Waals surface area (Å²) in [5.74, 6) is 0.918. The first-order valence-corrected chi connectivity index (χ1v) is 8.72. The normalized spacial score (nSPS) is 10.4. The van der Waals surface area contributed by atoms with Crippen molar-refractivity contribution >= 4 is 17.5 Å². The van der Waals surface area contributed by atoms with Crippen molar-refractivity contribution in [1.82, 2.24) is 10.3 Å². The molecule has 1 heterocycles. The topological polar surface area (TPSA) is 89.5 Å². The van der Waals surface area contributed by atoms with Crippen molar-refractivity contribution in [2.24, 2.45) is 5.92 Å². The van der Waals surface area contributed by atoms with Gasteiger partial charge < -0.3 is 20.1 Å². The van der Waals surface area contributed by atoms with Crippen LogP contribution in [0.15, 0.2) is 36.5 Å². The van der Waals surface area contributed by atoms with E-state index >= 15 is 0 Å². The molecule has 0 aliphatic carbocycles. The number of carbonyl (C=O) groups is 2. The Morgan fingerprint density at radius 3 is 2.52 bits per heavy atom. The van der Waals surface area contributed by atoms with Crippen molar-refractivity contribution < 1.29 is 19.1 Å². The number of pyridine rings is 1. The first-order chi connectivity index (χ1) is 12.9. The number of anilines is 1. The standard InChI is InChI=1S/C20H25N3O4/c1-13(2)7-9-22-19(24)14-8-10-21-17(11-14)20(25)23-16-6-5-15(26-3)12-18(16)27-4/h5-6,8,10-13H,7,9H2,1-4H3,(H,22,24)(H,23,25). The Balaban J connectivity index is 2.10. The molecule has 27 heavy (non-hydrogen) atoms. The third-order valence-electron chi connectivity index (χ3n) is 3.92. The summed E-state index contributed by atoms with van der Waals surface area (Å²) in [6.07, 6.45) is 2.33. The van der Waals surface area contributed by atoms with Crippen LogP contribution in [0, 0.1) is 5.92 Å². The zero-order valence-electron chi connectivity index (χ0n) is 16.0. The number of carbonyl (C=O) groups excluding carboxylic acids is 2. The predicted molar refractivity (Wildman–Crippen MR) is 104 cm³/mol. The average Bonchev–Trinajstić information content (AvgIpc) is 2.67. The molecule has 1 aromatic carbocycles. The minimum Gasteiger partial charge on any atom is -0.497 e. The quantitative estimate of drug-likeness (QED) is 0.744. The number of ether oxygens (including phenoxy) is 2. The van der Waals surface area contributed by atoms with Gasteiger partial charge in [0.15, 0.2) is 0 Å². The van der Waals surface area contributed by atoms with Gasteiger partial charge in [-0.2, -0.15) is 0 Å². The van der Waals surface area contributed by atoms with Gasteiger partial charge in [-0.05, 0) is 36.6 Å². The monoisotopic (exact) mass is 371 g/mol. The van der Waals surface area contributed by atoms with Crippen molar-refractivity contribution in [2.75, 3.05) is 26.1 Å². The first kappa shape index (κ1) is 20.2. The molecule has 0 saturated heterocycles. The van der Waals surface area contributed by atoms with Crippen molar-refractivity contribution in [3.05, 3.63) is 47.8 Å². The lowest BCUT2D eigenvalue weighted by molar-refractivity contribution is 0.0952. The van der Waals surface area contributed by atoms with Gasteiger partial charge in [0, 0.05) is 24.4 Å². The highest BCUT2D eigenvalue weighted by Gasteiger charge is 2.14. The maximum absolute atomic E-state index is 12.5. The highest BCUT2D eigenvalue weighted by molar-refractivity contribution is 6.05. The van der Waals surface area contributed by atoms with Crippen LogP contribution in [0.5, 0.6) is 11.5 Å². The van der Waals surface area contributed by atoms with E-state index in [-0.39, 0.29) is 11.6 Å². The van der Waals surface area contributed by atoms with Crippen LogP contribution in [0.25, 0.3) is 0 Å². The molecule has 2 N–H and O–H groups in total. The molecule has 2 amide bonds. The van der Waals surface area contributed by atoms with Gasteiger partial charge in [-0.25, -0.2) is 0 Å². The van der Waals surface area contributed by atoms with Crippen LogP contribution in [0.3, 0.4) is 0 Å². The number of nitrogens with one attached hydrogen (secondary N) is 2. The fourth-order valence-corrected chi connectivity index (χ4v) is 2.36. The van der Waals surface area contributed by atoms with E-state index < -0.39 is 5.91 Å². The summed E-state index contributed by atoms with van der Waals surface area (Å²) >= 11 is 0. The van der Waals surface area contributed by atoms with E-state index in [9.17, 15) is 9.59 Å². The Bertz CT molecular complexity index is 806. The summed E-state index contributed by atoms with van der Waals surface area (Å²) in [5, 5.41) is 5.58. The van der Waals surface area contributed by atoms with Gasteiger partial charge >= 0.3 is 0 Å². The maximum Gasteiger partial charge on any atom is 0.274 e. The van der Waals surface area contributed by atoms with E-state index in [1.165, 1.54) is 19.4 Å². The number of amides is 2. The second kappa shape index (κ2) is 9.56. The largest absolute Gasteiger partial charge is 0.497 e. The molecule has 0 atom stereocenters. The van der Waals surface area contributed by atoms with Crippen LogP contribution in [0.2, 0.25) is 0 Å². The molecular weight excluding hydrogens is 346 g/mol. The van der Waals surface area contributed by atoms with Gasteiger partial charge in [0.2, 0.25) is 0 Å². The summed E-state index contributed by atoms with van der Waals surface area (Å²) in [6, 6.07) is 8.11. The zero-order valence-corrected chi connectivity index (χ0v) is 16.0. The number of methoxy groups -OCH3 is 2. The summed E-state index contributed by atoms with van der Waals surface area (Å²) in [5.41, 5.74) is 1.02. The molecule has 1 aromatic heterocycles. The van der Waals surface area contributed by atoms with E-state index in [1.807, 2.05) is 0 Å².